The average Bonchev–Trinajstić information content (AvgIpc) is 2.66. The number of imidazole rings is 1. The number of halogens is 1. The lowest BCUT2D eigenvalue weighted by molar-refractivity contribution is 0.111. The summed E-state index contributed by atoms with van der Waals surface area (Å²) in [5, 5.41) is 0. The highest BCUT2D eigenvalue weighted by atomic mass is 19.1. The van der Waals surface area contributed by atoms with Crippen molar-refractivity contribution in [3.63, 3.8) is 0 Å². The lowest BCUT2D eigenvalue weighted by atomic mass is 10.3. The van der Waals surface area contributed by atoms with E-state index >= 15 is 0 Å². The first kappa shape index (κ1) is 8.62. The summed E-state index contributed by atoms with van der Waals surface area (Å²) in [4.78, 5) is 14.3. The van der Waals surface area contributed by atoms with Gasteiger partial charge >= 0.3 is 0 Å². The van der Waals surface area contributed by atoms with Crippen molar-refractivity contribution in [3.8, 4) is 5.69 Å². The molecule has 0 spiro atoms. The largest absolute Gasteiger partial charge is 0.295 e. The van der Waals surface area contributed by atoms with Crippen LogP contribution in [0.15, 0.2) is 36.7 Å². The van der Waals surface area contributed by atoms with Crippen LogP contribution < -0.4 is 0 Å². The third-order valence-electron chi connectivity index (χ3n) is 1.89. The van der Waals surface area contributed by atoms with Crippen molar-refractivity contribution in [3.05, 3.63) is 48.3 Å². The highest BCUT2D eigenvalue weighted by molar-refractivity contribution is 5.70. The Balaban J connectivity index is 2.60. The van der Waals surface area contributed by atoms with Crippen LogP contribution in [-0.2, 0) is 0 Å². The molecule has 0 aliphatic rings. The van der Waals surface area contributed by atoms with Gasteiger partial charge in [0.1, 0.15) is 5.82 Å². The van der Waals surface area contributed by atoms with Crippen LogP contribution in [0.3, 0.4) is 0 Å². The second-order valence-electron chi connectivity index (χ2n) is 2.72. The molecule has 1 aromatic heterocycles. The van der Waals surface area contributed by atoms with Gasteiger partial charge in [0.15, 0.2) is 12.1 Å². The molecule has 0 fully saturated rings. The van der Waals surface area contributed by atoms with Crippen molar-refractivity contribution in [2.24, 2.45) is 0 Å². The van der Waals surface area contributed by atoms with Gasteiger partial charge in [0.25, 0.3) is 0 Å². The molecule has 0 aliphatic carbocycles. The van der Waals surface area contributed by atoms with Gasteiger partial charge in [-0.15, -0.1) is 0 Å². The number of hydrogen-bond acceptors (Lipinski definition) is 2. The van der Waals surface area contributed by atoms with E-state index in [2.05, 4.69) is 4.98 Å². The minimum atomic E-state index is -0.381. The number of aromatic nitrogens is 2. The fourth-order valence-electron chi connectivity index (χ4n) is 1.25. The molecule has 0 atom stereocenters. The SMILES string of the molecule is O=Cc1nccn1-c1ccccc1F. The molecule has 70 valence electrons. The molecule has 1 heterocycles. The number of para-hydroxylation sites is 1. The summed E-state index contributed by atoms with van der Waals surface area (Å²) in [5.74, 6) is -0.191. The Labute approximate surface area is 79.8 Å². The lowest BCUT2D eigenvalue weighted by Gasteiger charge is -2.04. The van der Waals surface area contributed by atoms with Crippen molar-refractivity contribution in [1.29, 1.82) is 0 Å². The summed E-state index contributed by atoms with van der Waals surface area (Å²) >= 11 is 0. The van der Waals surface area contributed by atoms with E-state index < -0.39 is 0 Å². The van der Waals surface area contributed by atoms with Crippen molar-refractivity contribution in [2.75, 3.05) is 0 Å². The van der Waals surface area contributed by atoms with E-state index in [4.69, 9.17) is 0 Å². The predicted octanol–water partition coefficient (Wildman–Crippen LogP) is 1.82. The summed E-state index contributed by atoms with van der Waals surface area (Å²) in [7, 11) is 0. The van der Waals surface area contributed by atoms with Crippen LogP contribution in [0.2, 0.25) is 0 Å². The van der Waals surface area contributed by atoms with Crippen LogP contribution in [0.25, 0.3) is 5.69 Å². The topological polar surface area (TPSA) is 34.9 Å². The van der Waals surface area contributed by atoms with E-state index in [-0.39, 0.29) is 11.6 Å². The summed E-state index contributed by atoms with van der Waals surface area (Å²) < 4.78 is 14.7. The predicted molar refractivity (Wildman–Crippen MR) is 48.9 cm³/mol. The number of benzene rings is 1. The van der Waals surface area contributed by atoms with Crippen LogP contribution in [0.1, 0.15) is 10.6 Å². The third kappa shape index (κ3) is 1.31. The number of rotatable bonds is 2. The van der Waals surface area contributed by atoms with Crippen LogP contribution in [0.4, 0.5) is 4.39 Å². The highest BCUT2D eigenvalue weighted by Crippen LogP contribution is 2.13. The molecule has 2 rings (SSSR count). The van der Waals surface area contributed by atoms with Gasteiger partial charge in [-0.3, -0.25) is 9.36 Å². The Bertz CT molecular complexity index is 465. The third-order valence-corrected chi connectivity index (χ3v) is 1.89. The molecule has 1 aromatic carbocycles. The normalized spacial score (nSPS) is 10.1. The van der Waals surface area contributed by atoms with Crippen molar-refractivity contribution in [1.82, 2.24) is 9.55 Å². The minimum absolute atomic E-state index is 0.190. The standard InChI is InChI=1S/C10H7FN2O/c11-8-3-1-2-4-9(8)13-6-5-12-10(13)7-14/h1-7H. The first-order valence-electron chi connectivity index (χ1n) is 4.06. The molecule has 0 aliphatic heterocycles. The van der Waals surface area contributed by atoms with E-state index in [1.54, 1.807) is 24.4 Å². The van der Waals surface area contributed by atoms with Gasteiger partial charge in [0, 0.05) is 12.4 Å². The first-order chi connectivity index (χ1) is 6.83. The molecule has 3 nitrogen and oxygen atoms in total. The summed E-state index contributed by atoms with van der Waals surface area (Å²) in [5.41, 5.74) is 0.326. The smallest absolute Gasteiger partial charge is 0.185 e. The molecule has 0 saturated heterocycles. The molecule has 0 N–H and O–H groups in total. The van der Waals surface area contributed by atoms with Crippen LogP contribution in [0, 0.1) is 5.82 Å². The van der Waals surface area contributed by atoms with Crippen molar-refractivity contribution < 1.29 is 9.18 Å². The number of aldehydes is 1. The zero-order chi connectivity index (χ0) is 9.97. The second-order valence-corrected chi connectivity index (χ2v) is 2.72. The van der Waals surface area contributed by atoms with Gasteiger partial charge in [0.05, 0.1) is 5.69 Å². The molecular weight excluding hydrogens is 183 g/mol. The summed E-state index contributed by atoms with van der Waals surface area (Å²) in [6.45, 7) is 0. The molecule has 2 aromatic rings. The fraction of sp³-hybridized carbons (Fsp3) is 0. The Kier molecular flexibility index (Phi) is 2.10. The van der Waals surface area contributed by atoms with E-state index in [1.807, 2.05) is 0 Å². The van der Waals surface area contributed by atoms with Gasteiger partial charge < -0.3 is 0 Å². The Hall–Kier alpha value is -1.97. The quantitative estimate of drug-likeness (QED) is 0.677. The van der Waals surface area contributed by atoms with Crippen LogP contribution in [0.5, 0.6) is 0 Å². The second kappa shape index (κ2) is 3.41. The van der Waals surface area contributed by atoms with Crippen LogP contribution >= 0.6 is 0 Å². The zero-order valence-electron chi connectivity index (χ0n) is 7.22. The van der Waals surface area contributed by atoms with Gasteiger partial charge in [-0.25, -0.2) is 9.37 Å². The maximum absolute atomic E-state index is 13.3. The maximum Gasteiger partial charge on any atom is 0.185 e. The molecule has 0 unspecified atom stereocenters. The molecule has 0 bridgehead atoms. The molecule has 0 amide bonds. The number of carbonyl (C=O) groups excluding carboxylic acids is 1. The molecule has 4 heteroatoms. The van der Waals surface area contributed by atoms with Gasteiger partial charge in [-0.2, -0.15) is 0 Å². The Morgan fingerprint density at radius 1 is 1.36 bits per heavy atom. The number of carbonyl (C=O) groups is 1. The van der Waals surface area contributed by atoms with E-state index in [0.717, 1.165) is 0 Å². The molecular formula is C10H7FN2O. The average molecular weight is 190 g/mol. The van der Waals surface area contributed by atoms with Crippen molar-refractivity contribution in [2.45, 2.75) is 0 Å². The minimum Gasteiger partial charge on any atom is -0.295 e. The molecule has 0 radical (unpaired) electrons. The van der Waals surface area contributed by atoms with E-state index in [9.17, 15) is 9.18 Å². The zero-order valence-corrected chi connectivity index (χ0v) is 7.22. The van der Waals surface area contributed by atoms with Crippen LogP contribution in [-0.4, -0.2) is 15.8 Å². The van der Waals surface area contributed by atoms with Gasteiger partial charge in [-0.05, 0) is 12.1 Å². The number of nitrogens with zero attached hydrogens (tertiary/aromatic N) is 2. The van der Waals surface area contributed by atoms with Crippen molar-refractivity contribution >= 4 is 6.29 Å². The monoisotopic (exact) mass is 190 g/mol. The lowest BCUT2D eigenvalue weighted by Crippen LogP contribution is -2.01. The summed E-state index contributed by atoms with van der Waals surface area (Å²) in [6.07, 6.45) is 3.59. The fourth-order valence-corrected chi connectivity index (χ4v) is 1.25. The first-order valence-corrected chi connectivity index (χ1v) is 4.06. The van der Waals surface area contributed by atoms with E-state index in [1.165, 1.54) is 16.8 Å². The highest BCUT2D eigenvalue weighted by Gasteiger charge is 2.06. The van der Waals surface area contributed by atoms with E-state index in [0.29, 0.717) is 12.0 Å². The Morgan fingerprint density at radius 3 is 2.86 bits per heavy atom. The number of hydrogen-bond donors (Lipinski definition) is 0. The Morgan fingerprint density at radius 2 is 2.14 bits per heavy atom. The van der Waals surface area contributed by atoms with Gasteiger partial charge in [0.2, 0.25) is 0 Å². The molecule has 14 heavy (non-hydrogen) atoms. The van der Waals surface area contributed by atoms with Gasteiger partial charge in [-0.1, -0.05) is 12.1 Å². The molecule has 0 saturated carbocycles. The summed E-state index contributed by atoms with van der Waals surface area (Å²) in [6, 6.07) is 6.22. The maximum atomic E-state index is 13.3.